The number of rotatable bonds is 5. The van der Waals surface area contributed by atoms with E-state index in [4.69, 9.17) is 0 Å². The van der Waals surface area contributed by atoms with Gasteiger partial charge in [0, 0.05) is 62.2 Å². The van der Waals surface area contributed by atoms with E-state index in [1.807, 2.05) is 24.9 Å². The highest BCUT2D eigenvalue weighted by molar-refractivity contribution is 5.77. The standard InChI is InChI=1S/C24H29FN4O2/c1-14-19-12-29(13-21(19)27(3)24(31)23(14)17-4-5-17)22(30)8-16-10-28(11-16)18-6-7-26-20(9-18)15(2)25/h6-7,9,15-17H,4-5,8,10-13H2,1-3H3. The average Bonchev–Trinajstić information content (AvgIpc) is 3.44. The molecule has 3 aliphatic rings. The van der Waals surface area contributed by atoms with Crippen molar-refractivity contribution < 1.29 is 9.18 Å². The Kier molecular flexibility index (Phi) is 4.87. The zero-order valence-corrected chi connectivity index (χ0v) is 18.4. The Morgan fingerprint density at radius 2 is 2.03 bits per heavy atom. The van der Waals surface area contributed by atoms with Gasteiger partial charge in [0.05, 0.1) is 12.2 Å². The van der Waals surface area contributed by atoms with Crippen LogP contribution in [-0.4, -0.2) is 33.4 Å². The van der Waals surface area contributed by atoms with Crippen LogP contribution in [0.5, 0.6) is 0 Å². The molecule has 0 bridgehead atoms. The average molecular weight is 425 g/mol. The summed E-state index contributed by atoms with van der Waals surface area (Å²) in [7, 11) is 1.84. The lowest BCUT2D eigenvalue weighted by Gasteiger charge is -2.41. The first-order valence-electron chi connectivity index (χ1n) is 11.2. The molecule has 1 saturated heterocycles. The fourth-order valence-corrected chi connectivity index (χ4v) is 5.05. The van der Waals surface area contributed by atoms with E-state index >= 15 is 0 Å². The van der Waals surface area contributed by atoms with E-state index in [2.05, 4.69) is 9.88 Å². The van der Waals surface area contributed by atoms with Crippen molar-refractivity contribution in [2.45, 2.75) is 58.3 Å². The molecule has 1 saturated carbocycles. The Morgan fingerprint density at radius 3 is 2.71 bits per heavy atom. The number of alkyl halides is 1. The minimum absolute atomic E-state index is 0.113. The fraction of sp³-hybridized carbons (Fsp3) is 0.542. The molecule has 1 aliphatic carbocycles. The number of halogens is 1. The number of amides is 1. The summed E-state index contributed by atoms with van der Waals surface area (Å²) in [4.78, 5) is 33.9. The van der Waals surface area contributed by atoms with E-state index < -0.39 is 6.17 Å². The molecule has 2 fully saturated rings. The lowest BCUT2D eigenvalue weighted by Crippen LogP contribution is -2.48. The van der Waals surface area contributed by atoms with Crippen molar-refractivity contribution in [2.75, 3.05) is 18.0 Å². The maximum atomic E-state index is 13.5. The molecule has 5 rings (SSSR count). The molecule has 0 aromatic carbocycles. The molecule has 31 heavy (non-hydrogen) atoms. The summed E-state index contributed by atoms with van der Waals surface area (Å²) in [6.07, 6.45) is 3.25. The van der Waals surface area contributed by atoms with Gasteiger partial charge in [-0.15, -0.1) is 0 Å². The van der Waals surface area contributed by atoms with Gasteiger partial charge in [-0.2, -0.15) is 0 Å². The van der Waals surface area contributed by atoms with Crippen molar-refractivity contribution in [1.29, 1.82) is 0 Å². The first-order chi connectivity index (χ1) is 14.8. The number of hydrogen-bond donors (Lipinski definition) is 0. The van der Waals surface area contributed by atoms with Gasteiger partial charge in [-0.3, -0.25) is 14.6 Å². The SMILES string of the molecule is Cc1c2c(n(C)c(=O)c1C1CC1)CN(C(=O)CC1CN(c3ccnc(C(C)F)c3)C1)C2. The molecule has 0 spiro atoms. The number of nitrogens with zero attached hydrogens (tertiary/aromatic N) is 4. The van der Waals surface area contributed by atoms with Crippen LogP contribution in [-0.2, 0) is 24.9 Å². The van der Waals surface area contributed by atoms with E-state index in [-0.39, 0.29) is 11.5 Å². The molecule has 1 unspecified atom stereocenters. The summed E-state index contributed by atoms with van der Waals surface area (Å²) in [5.41, 5.74) is 5.73. The van der Waals surface area contributed by atoms with E-state index in [1.165, 1.54) is 6.92 Å². The van der Waals surface area contributed by atoms with Gasteiger partial charge in [0.2, 0.25) is 5.91 Å². The number of fused-ring (bicyclic) bond motifs is 1. The highest BCUT2D eigenvalue weighted by Gasteiger charge is 2.36. The van der Waals surface area contributed by atoms with Gasteiger partial charge in [0.1, 0.15) is 6.17 Å². The normalized spacial score (nSPS) is 19.4. The molecule has 0 N–H and O–H groups in total. The van der Waals surface area contributed by atoms with E-state index in [0.717, 1.165) is 54.0 Å². The summed E-state index contributed by atoms with van der Waals surface area (Å²) in [5, 5.41) is 0. The predicted octanol–water partition coefficient (Wildman–Crippen LogP) is 3.37. The molecular formula is C24H29FN4O2. The molecule has 7 heteroatoms. The van der Waals surface area contributed by atoms with Gasteiger partial charge in [0.25, 0.3) is 5.56 Å². The third-order valence-corrected chi connectivity index (χ3v) is 7.13. The van der Waals surface area contributed by atoms with Gasteiger partial charge in [0.15, 0.2) is 0 Å². The van der Waals surface area contributed by atoms with Crippen LogP contribution in [0.3, 0.4) is 0 Å². The van der Waals surface area contributed by atoms with Crippen LogP contribution < -0.4 is 10.5 Å². The number of aromatic nitrogens is 2. The maximum absolute atomic E-state index is 13.5. The van der Waals surface area contributed by atoms with Crippen molar-refractivity contribution in [3.05, 3.63) is 56.8 Å². The second-order valence-electron chi connectivity index (χ2n) is 9.38. The fourth-order valence-electron chi connectivity index (χ4n) is 5.05. The Hall–Kier alpha value is -2.70. The van der Waals surface area contributed by atoms with Gasteiger partial charge < -0.3 is 14.4 Å². The van der Waals surface area contributed by atoms with Crippen LogP contribution in [0.1, 0.15) is 66.4 Å². The largest absolute Gasteiger partial charge is 0.371 e. The van der Waals surface area contributed by atoms with Crippen molar-refractivity contribution in [3.63, 3.8) is 0 Å². The van der Waals surface area contributed by atoms with Crippen LogP contribution in [0.15, 0.2) is 23.1 Å². The summed E-state index contributed by atoms with van der Waals surface area (Å²) < 4.78 is 15.3. The summed E-state index contributed by atoms with van der Waals surface area (Å²) >= 11 is 0. The molecule has 4 heterocycles. The molecule has 2 aromatic heterocycles. The van der Waals surface area contributed by atoms with Crippen molar-refractivity contribution in [2.24, 2.45) is 13.0 Å². The van der Waals surface area contributed by atoms with Crippen LogP contribution in [0.25, 0.3) is 0 Å². The summed E-state index contributed by atoms with van der Waals surface area (Å²) in [5.74, 6) is 0.847. The Bertz CT molecular complexity index is 1100. The number of anilines is 1. The maximum Gasteiger partial charge on any atom is 0.254 e. The van der Waals surface area contributed by atoms with E-state index in [1.54, 1.807) is 16.8 Å². The molecule has 1 atom stereocenters. The lowest BCUT2D eigenvalue weighted by molar-refractivity contribution is -0.133. The molecule has 2 aliphatic heterocycles. The Balaban J connectivity index is 1.23. The Labute approximate surface area is 181 Å². The number of carbonyl (C=O) groups excluding carboxylic acids is 1. The third kappa shape index (κ3) is 3.54. The third-order valence-electron chi connectivity index (χ3n) is 7.13. The second-order valence-corrected chi connectivity index (χ2v) is 9.38. The summed E-state index contributed by atoms with van der Waals surface area (Å²) in [6.45, 7) is 6.24. The monoisotopic (exact) mass is 424 g/mol. The van der Waals surface area contributed by atoms with Crippen molar-refractivity contribution in [1.82, 2.24) is 14.5 Å². The van der Waals surface area contributed by atoms with E-state index in [9.17, 15) is 14.0 Å². The topological polar surface area (TPSA) is 58.4 Å². The van der Waals surface area contributed by atoms with Crippen molar-refractivity contribution >= 4 is 11.6 Å². The van der Waals surface area contributed by atoms with Crippen LogP contribution in [0.2, 0.25) is 0 Å². The minimum Gasteiger partial charge on any atom is -0.371 e. The first kappa shape index (κ1) is 20.2. The molecular weight excluding hydrogens is 395 g/mol. The smallest absolute Gasteiger partial charge is 0.254 e. The van der Waals surface area contributed by atoms with Gasteiger partial charge in [-0.1, -0.05) is 0 Å². The van der Waals surface area contributed by atoms with Crippen LogP contribution in [0.4, 0.5) is 10.1 Å². The quantitative estimate of drug-likeness (QED) is 0.739. The molecule has 6 nitrogen and oxygen atoms in total. The molecule has 164 valence electrons. The first-order valence-corrected chi connectivity index (χ1v) is 11.2. The van der Waals surface area contributed by atoms with Crippen LogP contribution in [0, 0.1) is 12.8 Å². The van der Waals surface area contributed by atoms with Crippen molar-refractivity contribution in [3.8, 4) is 0 Å². The Morgan fingerprint density at radius 1 is 1.29 bits per heavy atom. The van der Waals surface area contributed by atoms with Gasteiger partial charge in [-0.05, 0) is 55.9 Å². The number of pyridine rings is 2. The highest BCUT2D eigenvalue weighted by Crippen LogP contribution is 2.42. The van der Waals surface area contributed by atoms with E-state index in [0.29, 0.717) is 37.0 Å². The second kappa shape index (κ2) is 7.46. The highest BCUT2D eigenvalue weighted by atomic mass is 19.1. The molecule has 0 radical (unpaired) electrons. The molecule has 1 amide bonds. The van der Waals surface area contributed by atoms with Gasteiger partial charge in [-0.25, -0.2) is 4.39 Å². The van der Waals surface area contributed by atoms with Crippen LogP contribution >= 0.6 is 0 Å². The summed E-state index contributed by atoms with van der Waals surface area (Å²) in [6, 6.07) is 3.68. The molecule has 2 aromatic rings. The lowest BCUT2D eigenvalue weighted by atomic mass is 9.95. The zero-order valence-electron chi connectivity index (χ0n) is 18.4. The van der Waals surface area contributed by atoms with Gasteiger partial charge >= 0.3 is 0 Å². The zero-order chi connectivity index (χ0) is 21.9. The minimum atomic E-state index is -1.09. The number of hydrogen-bond acceptors (Lipinski definition) is 4. The predicted molar refractivity (Wildman–Crippen MR) is 117 cm³/mol. The number of carbonyl (C=O) groups is 1.